The standard InChI is InChI=1S/C23H37N3O2/c1-18(2)17-22(26-13-11-25(12-14-26)15-16-27)23(28)24-21-9-7-20(8-10-21)19-5-3-4-6-19/h7-10,18-19,22,27H,3-6,11-17H2,1-2H3,(H,24,28). The lowest BCUT2D eigenvalue weighted by atomic mass is 9.97. The number of β-amino-alcohol motifs (C(OH)–C–C–N with tert-alkyl or cyclic N) is 1. The molecule has 0 radical (unpaired) electrons. The molecule has 0 bridgehead atoms. The monoisotopic (exact) mass is 387 g/mol. The highest BCUT2D eigenvalue weighted by Gasteiger charge is 2.29. The number of nitrogens with zero attached hydrogens (tertiary/aromatic N) is 2. The topological polar surface area (TPSA) is 55.8 Å². The fourth-order valence-electron chi connectivity index (χ4n) is 4.63. The highest BCUT2D eigenvalue weighted by atomic mass is 16.3. The molecule has 1 unspecified atom stereocenters. The molecular weight excluding hydrogens is 350 g/mol. The molecule has 1 aromatic carbocycles. The van der Waals surface area contributed by atoms with Gasteiger partial charge in [-0.15, -0.1) is 0 Å². The Balaban J connectivity index is 1.59. The first kappa shape index (κ1) is 21.3. The molecule has 1 heterocycles. The number of anilines is 1. The second-order valence-corrected chi connectivity index (χ2v) is 8.84. The minimum absolute atomic E-state index is 0.0919. The Hall–Kier alpha value is -1.43. The van der Waals surface area contributed by atoms with Crippen molar-refractivity contribution in [1.29, 1.82) is 0 Å². The number of piperazine rings is 1. The predicted molar refractivity (Wildman–Crippen MR) is 115 cm³/mol. The Kier molecular flexibility index (Phi) is 7.89. The zero-order valence-corrected chi connectivity index (χ0v) is 17.6. The third-order valence-electron chi connectivity index (χ3n) is 6.27. The predicted octanol–water partition coefficient (Wildman–Crippen LogP) is 3.31. The molecule has 0 aromatic heterocycles. The van der Waals surface area contributed by atoms with Crippen molar-refractivity contribution in [3.05, 3.63) is 29.8 Å². The van der Waals surface area contributed by atoms with E-state index in [1.165, 1.54) is 31.2 Å². The highest BCUT2D eigenvalue weighted by molar-refractivity contribution is 5.94. The van der Waals surface area contributed by atoms with Crippen molar-refractivity contribution in [2.75, 3.05) is 44.6 Å². The van der Waals surface area contributed by atoms with Crippen LogP contribution in [0.25, 0.3) is 0 Å². The fourth-order valence-corrected chi connectivity index (χ4v) is 4.63. The molecule has 1 saturated heterocycles. The first-order valence-electron chi connectivity index (χ1n) is 11.0. The molecule has 1 atom stereocenters. The Bertz CT molecular complexity index is 603. The van der Waals surface area contributed by atoms with Gasteiger partial charge in [0.2, 0.25) is 5.91 Å². The van der Waals surface area contributed by atoms with Gasteiger partial charge in [-0.2, -0.15) is 0 Å². The molecule has 1 aliphatic heterocycles. The molecule has 1 amide bonds. The van der Waals surface area contributed by atoms with Gasteiger partial charge in [-0.05, 0) is 48.8 Å². The molecule has 0 spiro atoms. The molecule has 156 valence electrons. The Morgan fingerprint density at radius 1 is 1.11 bits per heavy atom. The van der Waals surface area contributed by atoms with Crippen molar-refractivity contribution in [1.82, 2.24) is 9.80 Å². The smallest absolute Gasteiger partial charge is 0.241 e. The second kappa shape index (κ2) is 10.4. The van der Waals surface area contributed by atoms with Crippen molar-refractivity contribution in [2.24, 2.45) is 5.92 Å². The van der Waals surface area contributed by atoms with Crippen LogP contribution in [0.5, 0.6) is 0 Å². The normalized spacial score (nSPS) is 20.6. The number of hydrogen-bond donors (Lipinski definition) is 2. The van der Waals surface area contributed by atoms with E-state index in [2.05, 4.69) is 53.2 Å². The van der Waals surface area contributed by atoms with Crippen LogP contribution in [0.1, 0.15) is 57.4 Å². The van der Waals surface area contributed by atoms with Gasteiger partial charge < -0.3 is 10.4 Å². The van der Waals surface area contributed by atoms with Gasteiger partial charge in [-0.3, -0.25) is 14.6 Å². The summed E-state index contributed by atoms with van der Waals surface area (Å²) in [6.45, 7) is 8.88. The van der Waals surface area contributed by atoms with E-state index in [0.717, 1.165) is 44.8 Å². The molecule has 1 saturated carbocycles. The number of aliphatic hydroxyl groups is 1. The van der Waals surface area contributed by atoms with Gasteiger partial charge in [0.1, 0.15) is 0 Å². The summed E-state index contributed by atoms with van der Waals surface area (Å²) < 4.78 is 0. The van der Waals surface area contributed by atoms with Crippen LogP contribution in [-0.2, 0) is 4.79 Å². The van der Waals surface area contributed by atoms with Crippen molar-refractivity contribution >= 4 is 11.6 Å². The summed E-state index contributed by atoms with van der Waals surface area (Å²) in [5, 5.41) is 12.3. The van der Waals surface area contributed by atoms with Gasteiger partial charge in [0.05, 0.1) is 12.6 Å². The quantitative estimate of drug-likeness (QED) is 0.719. The second-order valence-electron chi connectivity index (χ2n) is 8.84. The number of carbonyl (C=O) groups excluding carboxylic acids is 1. The van der Waals surface area contributed by atoms with Crippen molar-refractivity contribution < 1.29 is 9.90 Å². The fraction of sp³-hybridized carbons (Fsp3) is 0.696. The molecule has 2 fully saturated rings. The number of carbonyl (C=O) groups is 1. The molecule has 28 heavy (non-hydrogen) atoms. The van der Waals surface area contributed by atoms with Crippen molar-refractivity contribution in [3.63, 3.8) is 0 Å². The van der Waals surface area contributed by atoms with Crippen molar-refractivity contribution in [2.45, 2.75) is 57.9 Å². The lowest BCUT2D eigenvalue weighted by molar-refractivity contribution is -0.122. The highest BCUT2D eigenvalue weighted by Crippen LogP contribution is 2.34. The molecule has 1 aromatic rings. The summed E-state index contributed by atoms with van der Waals surface area (Å²) in [6.07, 6.45) is 6.14. The van der Waals surface area contributed by atoms with Crippen LogP contribution in [-0.4, -0.2) is 66.2 Å². The minimum Gasteiger partial charge on any atom is -0.395 e. The van der Waals surface area contributed by atoms with Crippen LogP contribution in [0, 0.1) is 5.92 Å². The van der Waals surface area contributed by atoms with Crippen molar-refractivity contribution in [3.8, 4) is 0 Å². The van der Waals surface area contributed by atoms with Gasteiger partial charge in [-0.1, -0.05) is 38.8 Å². The summed E-state index contributed by atoms with van der Waals surface area (Å²) in [5.41, 5.74) is 2.31. The maximum absolute atomic E-state index is 13.1. The zero-order chi connectivity index (χ0) is 19.9. The number of aliphatic hydroxyl groups excluding tert-OH is 1. The molecule has 1 aliphatic carbocycles. The van der Waals surface area contributed by atoms with Crippen LogP contribution in [0.15, 0.2) is 24.3 Å². The molecule has 5 nitrogen and oxygen atoms in total. The van der Waals surface area contributed by atoms with Gasteiger partial charge in [0, 0.05) is 38.4 Å². The van der Waals surface area contributed by atoms with Crippen LogP contribution in [0.2, 0.25) is 0 Å². The maximum atomic E-state index is 13.1. The molecule has 5 heteroatoms. The Morgan fingerprint density at radius 3 is 2.32 bits per heavy atom. The Labute approximate surface area is 170 Å². The summed E-state index contributed by atoms with van der Waals surface area (Å²) in [5.74, 6) is 1.28. The summed E-state index contributed by atoms with van der Waals surface area (Å²) in [6, 6.07) is 8.42. The van der Waals surface area contributed by atoms with Gasteiger partial charge >= 0.3 is 0 Å². The number of nitrogens with one attached hydrogen (secondary N) is 1. The van der Waals surface area contributed by atoms with Gasteiger partial charge in [-0.25, -0.2) is 0 Å². The molecule has 3 rings (SSSR count). The zero-order valence-electron chi connectivity index (χ0n) is 17.6. The first-order valence-corrected chi connectivity index (χ1v) is 11.0. The van der Waals surface area contributed by atoms with E-state index in [9.17, 15) is 4.79 Å². The SMILES string of the molecule is CC(C)CC(C(=O)Nc1ccc(C2CCCC2)cc1)N1CCN(CCO)CC1. The van der Waals surface area contributed by atoms with Crippen LogP contribution in [0.4, 0.5) is 5.69 Å². The average molecular weight is 388 g/mol. The molecule has 2 aliphatic rings. The number of benzene rings is 1. The largest absolute Gasteiger partial charge is 0.395 e. The third-order valence-corrected chi connectivity index (χ3v) is 6.27. The summed E-state index contributed by atoms with van der Waals surface area (Å²) in [4.78, 5) is 17.7. The van der Waals surface area contributed by atoms with Gasteiger partial charge in [0.15, 0.2) is 0 Å². The molecular formula is C23H37N3O2. The van der Waals surface area contributed by atoms with E-state index in [4.69, 9.17) is 5.11 Å². The lowest BCUT2D eigenvalue weighted by Crippen LogP contribution is -2.54. The minimum atomic E-state index is -0.0919. The average Bonchev–Trinajstić information content (AvgIpc) is 3.22. The van der Waals surface area contributed by atoms with Crippen LogP contribution < -0.4 is 5.32 Å². The summed E-state index contributed by atoms with van der Waals surface area (Å²) >= 11 is 0. The van der Waals surface area contributed by atoms with Crippen LogP contribution >= 0.6 is 0 Å². The molecule has 2 N–H and O–H groups in total. The lowest BCUT2D eigenvalue weighted by Gasteiger charge is -2.39. The summed E-state index contributed by atoms with van der Waals surface area (Å²) in [7, 11) is 0. The van der Waals surface area contributed by atoms with E-state index >= 15 is 0 Å². The third kappa shape index (κ3) is 5.79. The Morgan fingerprint density at radius 2 is 1.75 bits per heavy atom. The van der Waals surface area contributed by atoms with E-state index in [0.29, 0.717) is 11.8 Å². The van der Waals surface area contributed by atoms with E-state index < -0.39 is 0 Å². The number of hydrogen-bond acceptors (Lipinski definition) is 4. The van der Waals surface area contributed by atoms with Gasteiger partial charge in [0.25, 0.3) is 0 Å². The van der Waals surface area contributed by atoms with Crippen LogP contribution in [0.3, 0.4) is 0 Å². The number of amides is 1. The van der Waals surface area contributed by atoms with E-state index in [1.807, 2.05) is 0 Å². The van der Waals surface area contributed by atoms with E-state index in [-0.39, 0.29) is 18.6 Å². The number of rotatable bonds is 8. The van der Waals surface area contributed by atoms with E-state index in [1.54, 1.807) is 0 Å². The first-order chi connectivity index (χ1) is 13.6. The maximum Gasteiger partial charge on any atom is 0.241 e.